The van der Waals surface area contributed by atoms with E-state index in [0.717, 1.165) is 31.2 Å². The summed E-state index contributed by atoms with van der Waals surface area (Å²) in [6, 6.07) is 0.995. The smallest absolute Gasteiger partial charge is 0.330 e. The Bertz CT molecular complexity index is 1490. The molecule has 222 valence electrons. The lowest BCUT2D eigenvalue weighted by molar-refractivity contribution is -0.117. The number of hydrogen-bond donors (Lipinski definition) is 2. The molecule has 1 fully saturated rings. The number of nitrogens with zero attached hydrogens (tertiary/aromatic N) is 6. The molecule has 1 saturated carbocycles. The first-order valence-electron chi connectivity index (χ1n) is 13.5. The summed E-state index contributed by atoms with van der Waals surface area (Å²) in [6.07, 6.45) is 10.2. The molecule has 1 aliphatic carbocycles. The number of fused-ring (bicyclic) bond motifs is 1. The van der Waals surface area contributed by atoms with Gasteiger partial charge in [-0.05, 0) is 18.9 Å². The van der Waals surface area contributed by atoms with Gasteiger partial charge in [0.15, 0.2) is 0 Å². The number of halogens is 2. The van der Waals surface area contributed by atoms with Gasteiger partial charge in [-0.15, -0.1) is 0 Å². The van der Waals surface area contributed by atoms with Gasteiger partial charge in [0.25, 0.3) is 0 Å². The summed E-state index contributed by atoms with van der Waals surface area (Å²) in [7, 11) is 4.75. The summed E-state index contributed by atoms with van der Waals surface area (Å²) >= 11 is 13.4. The van der Waals surface area contributed by atoms with Crippen LogP contribution < -0.4 is 29.9 Å². The van der Waals surface area contributed by atoms with Crippen molar-refractivity contribution in [1.82, 2.24) is 25.1 Å². The molecule has 5 rings (SSSR count). The minimum Gasteiger partial charge on any atom is -0.495 e. The van der Waals surface area contributed by atoms with Crippen molar-refractivity contribution in [1.29, 1.82) is 0 Å². The molecule has 3 amide bonds. The molecule has 2 atom stereocenters. The van der Waals surface area contributed by atoms with Crippen LogP contribution in [-0.4, -0.2) is 58.0 Å². The van der Waals surface area contributed by atoms with Gasteiger partial charge in [0, 0.05) is 48.7 Å². The van der Waals surface area contributed by atoms with Crippen molar-refractivity contribution in [2.75, 3.05) is 29.3 Å². The molecule has 0 radical (unpaired) electrons. The van der Waals surface area contributed by atoms with E-state index in [1.165, 1.54) is 25.2 Å². The summed E-state index contributed by atoms with van der Waals surface area (Å²) < 4.78 is 12.5. The lowest BCUT2D eigenvalue weighted by Crippen LogP contribution is -2.49. The quantitative estimate of drug-likeness (QED) is 0.332. The largest absolute Gasteiger partial charge is 0.495 e. The Morgan fingerprint density at radius 1 is 1.14 bits per heavy atom. The number of nitrogens with one attached hydrogen (secondary N) is 2. The van der Waals surface area contributed by atoms with Crippen LogP contribution in [0.2, 0.25) is 10.0 Å². The van der Waals surface area contributed by atoms with E-state index in [4.69, 9.17) is 37.7 Å². The monoisotopic (exact) mass is 614 g/mol. The highest BCUT2D eigenvalue weighted by atomic mass is 35.5. The van der Waals surface area contributed by atoms with Crippen LogP contribution in [-0.2, 0) is 24.9 Å². The van der Waals surface area contributed by atoms with Crippen LogP contribution in [0.3, 0.4) is 0 Å². The fraction of sp³-hybridized carbons (Fsp3) is 0.393. The number of rotatable bonds is 9. The van der Waals surface area contributed by atoms with Crippen LogP contribution in [0.5, 0.6) is 11.5 Å². The van der Waals surface area contributed by atoms with Crippen molar-refractivity contribution >= 4 is 52.6 Å². The standard InChI is InChI=1S/C28H32Cl2N8O4/c1-5-22(39)33-18-8-6-7-9-19(18)34-27-31-12-17-15-37(25-23(29)20(41-3)10-21(42-4)24(25)30)28(40)38(26(17)35-27)14-16-11-32-36(2)13-16/h5,10-13,18-19H,1,6-9,14-15H2,2-4H3,(H,33,39)(H,31,34,35)/t18?,19-/m1/s1. The molecular weight excluding hydrogens is 583 g/mol. The number of hydrogen-bond acceptors (Lipinski definition) is 8. The van der Waals surface area contributed by atoms with Crippen molar-refractivity contribution < 1.29 is 19.1 Å². The lowest BCUT2D eigenvalue weighted by atomic mass is 9.90. The maximum absolute atomic E-state index is 14.2. The Morgan fingerprint density at radius 2 is 1.83 bits per heavy atom. The van der Waals surface area contributed by atoms with Gasteiger partial charge in [0.05, 0.1) is 39.2 Å². The van der Waals surface area contributed by atoms with Crippen LogP contribution >= 0.6 is 23.2 Å². The highest BCUT2D eigenvalue weighted by Crippen LogP contribution is 2.48. The summed E-state index contributed by atoms with van der Waals surface area (Å²) in [5.41, 5.74) is 1.73. The maximum Gasteiger partial charge on any atom is 0.330 e. The fourth-order valence-corrected chi connectivity index (χ4v) is 6.04. The van der Waals surface area contributed by atoms with Gasteiger partial charge >= 0.3 is 6.03 Å². The second kappa shape index (κ2) is 12.5. The summed E-state index contributed by atoms with van der Waals surface area (Å²) in [6.45, 7) is 3.85. The molecule has 2 aromatic heterocycles. The zero-order valence-electron chi connectivity index (χ0n) is 23.6. The van der Waals surface area contributed by atoms with Crippen molar-refractivity contribution in [2.45, 2.75) is 50.9 Å². The molecule has 1 aromatic carbocycles. The van der Waals surface area contributed by atoms with Gasteiger partial charge in [-0.2, -0.15) is 10.1 Å². The Labute approximate surface area is 253 Å². The van der Waals surface area contributed by atoms with Crippen LogP contribution in [0.15, 0.2) is 37.3 Å². The SMILES string of the molecule is C=CC(=O)NC1CCCC[C@H]1Nc1ncc2c(n1)N(Cc1cnn(C)c1)C(=O)N(c1c(Cl)c(OC)cc(OC)c1Cl)C2. The zero-order chi connectivity index (χ0) is 30.0. The van der Waals surface area contributed by atoms with Crippen molar-refractivity contribution in [3.63, 3.8) is 0 Å². The van der Waals surface area contributed by atoms with E-state index in [-0.39, 0.29) is 46.8 Å². The van der Waals surface area contributed by atoms with E-state index in [9.17, 15) is 9.59 Å². The topological polar surface area (TPSA) is 127 Å². The molecule has 0 spiro atoms. The molecule has 42 heavy (non-hydrogen) atoms. The number of urea groups is 1. The molecule has 1 unspecified atom stereocenters. The lowest BCUT2D eigenvalue weighted by Gasteiger charge is -2.37. The number of anilines is 3. The number of methoxy groups -OCH3 is 2. The number of benzene rings is 1. The van der Waals surface area contributed by atoms with Crippen molar-refractivity contribution in [2.24, 2.45) is 7.05 Å². The highest BCUT2D eigenvalue weighted by Gasteiger charge is 2.37. The van der Waals surface area contributed by atoms with Gasteiger partial charge < -0.3 is 20.1 Å². The normalized spacial score (nSPS) is 18.4. The number of carbonyl (C=O) groups is 2. The Hall–Kier alpha value is -4.03. The van der Waals surface area contributed by atoms with Gasteiger partial charge in [-0.3, -0.25) is 19.3 Å². The number of amides is 3. The third-order valence-corrected chi connectivity index (χ3v) is 8.13. The third-order valence-electron chi connectivity index (χ3n) is 7.40. The zero-order valence-corrected chi connectivity index (χ0v) is 25.1. The average molecular weight is 616 g/mol. The second-order valence-electron chi connectivity index (χ2n) is 10.1. The minimum atomic E-state index is -0.399. The van der Waals surface area contributed by atoms with E-state index in [0.29, 0.717) is 28.8 Å². The predicted octanol–water partition coefficient (Wildman–Crippen LogP) is 4.71. The van der Waals surface area contributed by atoms with Crippen LogP contribution in [0, 0.1) is 0 Å². The third kappa shape index (κ3) is 5.82. The first-order valence-corrected chi connectivity index (χ1v) is 14.2. The number of carbonyl (C=O) groups excluding carboxylic acids is 2. The molecule has 3 heterocycles. The number of aromatic nitrogens is 4. The van der Waals surface area contributed by atoms with E-state index in [1.807, 2.05) is 6.20 Å². The molecule has 2 N–H and O–H groups in total. The Morgan fingerprint density at radius 3 is 2.45 bits per heavy atom. The predicted molar refractivity (Wildman–Crippen MR) is 161 cm³/mol. The molecular formula is C28H32Cl2N8O4. The Kier molecular flexibility index (Phi) is 8.74. The van der Waals surface area contributed by atoms with E-state index < -0.39 is 6.03 Å². The van der Waals surface area contributed by atoms with E-state index in [2.05, 4.69) is 27.3 Å². The molecule has 3 aromatic rings. The molecule has 1 aliphatic heterocycles. The molecule has 2 aliphatic rings. The van der Waals surface area contributed by atoms with Gasteiger partial charge in [-0.1, -0.05) is 42.6 Å². The number of ether oxygens (including phenoxy) is 2. The summed E-state index contributed by atoms with van der Waals surface area (Å²) in [5.74, 6) is 1.20. The van der Waals surface area contributed by atoms with Crippen LogP contribution in [0.1, 0.15) is 36.8 Å². The van der Waals surface area contributed by atoms with Crippen molar-refractivity contribution in [3.05, 3.63) is 58.5 Å². The maximum atomic E-state index is 14.2. The number of aryl methyl sites for hydroxylation is 1. The fourth-order valence-electron chi connectivity index (χ4n) is 5.33. The van der Waals surface area contributed by atoms with Crippen LogP contribution in [0.25, 0.3) is 0 Å². The van der Waals surface area contributed by atoms with Gasteiger partial charge in [0.2, 0.25) is 11.9 Å². The molecule has 0 saturated heterocycles. The van der Waals surface area contributed by atoms with Crippen LogP contribution in [0.4, 0.5) is 22.2 Å². The second-order valence-corrected chi connectivity index (χ2v) is 10.9. The summed E-state index contributed by atoms with van der Waals surface area (Å²) in [5, 5.41) is 11.0. The summed E-state index contributed by atoms with van der Waals surface area (Å²) in [4.78, 5) is 38.6. The highest BCUT2D eigenvalue weighted by molar-refractivity contribution is 6.42. The average Bonchev–Trinajstić information content (AvgIpc) is 3.40. The van der Waals surface area contributed by atoms with Crippen molar-refractivity contribution in [3.8, 4) is 11.5 Å². The van der Waals surface area contributed by atoms with Gasteiger partial charge in [-0.25, -0.2) is 9.78 Å². The molecule has 14 heteroatoms. The Balaban J connectivity index is 1.53. The first kappa shape index (κ1) is 29.5. The van der Waals surface area contributed by atoms with E-state index in [1.54, 1.807) is 35.1 Å². The minimum absolute atomic E-state index is 0.0786. The van der Waals surface area contributed by atoms with Gasteiger partial charge in [0.1, 0.15) is 27.4 Å². The van der Waals surface area contributed by atoms with E-state index >= 15 is 0 Å². The molecule has 0 bridgehead atoms. The first-order chi connectivity index (χ1) is 20.2. The molecule has 12 nitrogen and oxygen atoms in total.